The Morgan fingerprint density at radius 3 is 1.76 bits per heavy atom. The number of carbonyl (C=O) groups is 16. The molecule has 50 heteroatoms. The number of nitrogens with one attached hydrogen (secondary N) is 20. The van der Waals surface area contributed by atoms with Crippen molar-refractivity contribution in [2.24, 2.45) is 22.9 Å². The molecule has 3 aromatic heterocycles. The number of hydrogen-bond acceptors (Lipinski definition) is 27. The van der Waals surface area contributed by atoms with E-state index >= 15 is 14.4 Å². The number of nitrogens with two attached hydrogens (primary N) is 4. The van der Waals surface area contributed by atoms with E-state index in [0.717, 1.165) is 49.2 Å². The van der Waals surface area contributed by atoms with Crippen LogP contribution in [0.2, 0.25) is 0 Å². The van der Waals surface area contributed by atoms with E-state index in [4.69, 9.17) is 43.2 Å². The number of imidazole rings is 1. The summed E-state index contributed by atoms with van der Waals surface area (Å²) in [4.78, 5) is 238. The van der Waals surface area contributed by atoms with E-state index in [-0.39, 0.29) is 141 Å². The number of unbranched alkanes of at least 4 members (excludes halogenated alkanes) is 13. The number of amides is 16. The number of H-pyrrole nitrogens is 3. The number of guanidine groups is 2. The number of aromatic nitrogens is 7. The Balaban J connectivity index is 0.985. The molecule has 5 aromatic rings. The van der Waals surface area contributed by atoms with Gasteiger partial charge in [-0.05, 0) is 105 Å². The Morgan fingerprint density at radius 2 is 1.12 bits per heavy atom. The number of rotatable bonds is 60. The number of benzene rings is 2. The van der Waals surface area contributed by atoms with Gasteiger partial charge in [-0.2, -0.15) is 0 Å². The van der Waals surface area contributed by atoms with E-state index in [1.807, 2.05) is 6.07 Å². The Bertz CT molecular complexity index is 4900. The number of aliphatic hydroxyl groups is 3. The van der Waals surface area contributed by atoms with Gasteiger partial charge in [-0.1, -0.05) is 139 Å². The summed E-state index contributed by atoms with van der Waals surface area (Å²) in [6.07, 6.45) is 16.3. The second-order valence-corrected chi connectivity index (χ2v) is 35.9. The van der Waals surface area contributed by atoms with Crippen LogP contribution >= 0.6 is 0 Å². The lowest BCUT2D eigenvalue weighted by atomic mass is 10.0. The van der Waals surface area contributed by atoms with Gasteiger partial charge >= 0.3 is 0 Å². The van der Waals surface area contributed by atoms with Crippen LogP contribution in [0, 0.1) is 10.8 Å². The maximum atomic E-state index is 15.4. The van der Waals surface area contributed by atoms with Crippen LogP contribution in [-0.4, -0.2) is 313 Å². The Hall–Kier alpha value is -13.9. The van der Waals surface area contributed by atoms with Gasteiger partial charge in [-0.15, -0.1) is 5.10 Å². The molecule has 794 valence electrons. The summed E-state index contributed by atoms with van der Waals surface area (Å²) in [5.41, 5.74) is 24.4. The number of fused-ring (bicyclic) bond motifs is 2. The molecule has 0 spiro atoms. The molecule has 16 amide bonds. The Morgan fingerprint density at radius 1 is 0.556 bits per heavy atom. The van der Waals surface area contributed by atoms with Crippen LogP contribution in [0.1, 0.15) is 216 Å². The summed E-state index contributed by atoms with van der Waals surface area (Å²) in [5, 5.41) is 102. The number of hydrogen-bond donors (Lipinski definition) is 27. The molecular formula is C94H147N29O21. The lowest BCUT2D eigenvalue weighted by Crippen LogP contribution is -2.61. The molecular weight excluding hydrogens is 1870 g/mol. The topological polar surface area (TPSA) is 787 Å². The third-order valence-electron chi connectivity index (χ3n) is 24.3. The molecule has 0 saturated carbocycles. The molecule has 13 atom stereocenters. The fourth-order valence-electron chi connectivity index (χ4n) is 16.4. The van der Waals surface area contributed by atoms with E-state index < -0.39 is 232 Å². The quantitative estimate of drug-likeness (QED) is 0.0101. The third kappa shape index (κ3) is 43.9. The average molecular weight is 2020 g/mol. The molecule has 31 N–H and O–H groups in total. The highest BCUT2D eigenvalue weighted by Gasteiger charge is 2.45. The molecule has 0 aliphatic carbocycles. The third-order valence-corrected chi connectivity index (χ3v) is 24.3. The van der Waals surface area contributed by atoms with Gasteiger partial charge in [0.1, 0.15) is 84.9 Å². The van der Waals surface area contributed by atoms with Crippen molar-refractivity contribution in [3.05, 3.63) is 96.0 Å². The molecule has 144 heavy (non-hydrogen) atoms. The van der Waals surface area contributed by atoms with Gasteiger partial charge in [0, 0.05) is 107 Å². The first-order chi connectivity index (χ1) is 69.3. The van der Waals surface area contributed by atoms with Crippen LogP contribution in [0.3, 0.4) is 0 Å². The van der Waals surface area contributed by atoms with E-state index in [1.165, 1.54) is 63.9 Å². The van der Waals surface area contributed by atoms with Crippen molar-refractivity contribution in [1.82, 2.24) is 120 Å². The Labute approximate surface area is 834 Å². The molecule has 0 unspecified atom stereocenters. The van der Waals surface area contributed by atoms with E-state index in [1.54, 1.807) is 61.7 Å². The predicted octanol–water partition coefficient (Wildman–Crippen LogP) is -3.89. The van der Waals surface area contributed by atoms with Gasteiger partial charge in [-0.25, -0.2) is 10.1 Å². The largest absolute Gasteiger partial charge is 0.394 e. The second kappa shape index (κ2) is 65.3. The monoisotopic (exact) mass is 2020 g/mol. The smallest absolute Gasteiger partial charge is 0.246 e. The second-order valence-electron chi connectivity index (χ2n) is 35.9. The molecule has 2 aliphatic rings. The summed E-state index contributed by atoms with van der Waals surface area (Å²) in [7, 11) is 0. The van der Waals surface area contributed by atoms with Gasteiger partial charge in [0.25, 0.3) is 0 Å². The summed E-state index contributed by atoms with van der Waals surface area (Å²) in [6, 6.07) is -3.88. The van der Waals surface area contributed by atoms with Gasteiger partial charge in [0.15, 0.2) is 11.9 Å². The number of tetrazole rings is 1. The highest BCUT2D eigenvalue weighted by molar-refractivity contribution is 6.01. The molecule has 2 saturated heterocycles. The number of nitrogens with zero attached hydrogens (tertiary/aromatic N) is 5. The zero-order valence-electron chi connectivity index (χ0n) is 81.8. The van der Waals surface area contributed by atoms with Crippen molar-refractivity contribution >= 4 is 117 Å². The summed E-state index contributed by atoms with van der Waals surface area (Å²) in [5.74, 6) is -14.8. The van der Waals surface area contributed by atoms with Gasteiger partial charge in [0.2, 0.25) is 94.5 Å². The number of para-hydroxylation sites is 1. The van der Waals surface area contributed by atoms with Crippen molar-refractivity contribution in [3.8, 4) is 0 Å². The summed E-state index contributed by atoms with van der Waals surface area (Å²) < 4.78 is 11.0. The van der Waals surface area contributed by atoms with E-state index in [2.05, 4.69) is 115 Å². The lowest BCUT2D eigenvalue weighted by Gasteiger charge is -2.31. The number of carbonyl (C=O) groups excluding carboxylic acids is 16. The minimum Gasteiger partial charge on any atom is -0.394 e. The number of ether oxygens (including phenoxy) is 2. The maximum absolute atomic E-state index is 15.4. The minimum atomic E-state index is -1.94. The SMILES string of the molecule is CCCC[C@H](NC(=O)[C@H](CO)NC(=O)[C@H](Cc1c[nH]cn1)NC(=O)[C@H](CO)NC(=O)[C@H](CCCNC(=N)N)NC(=O)[C@H](CCC(N)=O)NC(=O)COCCOCCNC(=O)CCCCCCCCCCCCCCCc1nnn[nH]1)C(=O)N[C@H]1CCC(=O)NCCCC[C@@H](C(N)=O)NC(=O)[C@H](Cc2c[nH]c3ccccc23)NC(=O)[C@H](CCCNC(=N)N)NC(=O)[C@@H](Cc2ccccc2)NC(=O)[C@@H]2C[C@@H](O)CN2C1=O. The van der Waals surface area contributed by atoms with Gasteiger partial charge in [0.05, 0.1) is 51.2 Å². The molecule has 50 nitrogen and oxygen atoms in total. The first kappa shape index (κ1) is 117. The average Bonchev–Trinajstić information content (AvgIpc) is 1.66. The highest BCUT2D eigenvalue weighted by Crippen LogP contribution is 2.25. The minimum absolute atomic E-state index is 0.0134. The standard InChI is InChI=1S/C94H147N29O21/c1-2-3-29-65(82(132)113-69-37-39-79(129)102-40-23-22-31-64(81(96)131)109-87(137)71(48-59-51-106-63-30-21-20-28-62(59)63)114-83(133)66(32-24-41-104-93(97)98)111-86(136)70(47-58-26-16-15-17-27-58)116-91(141)75-50-61(126)53-123(75)92(69)142)112-89(139)73(54-124)118-88(138)72(49-60-52-101-57-107-60)115-90(140)74(55-125)117-84(134)67(33-25-42-105-94(99)100)110-85(135)68(36-38-76(95)127)108-80(130)56-144-46-45-143-44-43-103-78(128)35-19-14-12-10-8-6-4-5-7-9-11-13-18-34-77-119-121-122-120-77/h15-17,20-21,26-28,30,51-52,57,61,64-75,106,124-126H,2-14,18-19,22-25,29,31-50,53-56H2,1H3,(H2,95,127)(H2,96,131)(H,101,107)(H,102,129)(H,103,128)(H,108,130)(H,109,137)(H,110,135)(H,111,136)(H,112,139)(H,113,132)(H,114,133)(H,115,140)(H,116,141)(H,117,134)(H,118,138)(H4,97,98,104)(H4,99,100,105)(H,119,120,121,122)/t61-,64+,65+,66+,67+,68+,69+,70-,71+,72+,73+,74+,75+/m1/s1. The molecule has 0 bridgehead atoms. The fourth-order valence-corrected chi connectivity index (χ4v) is 16.4. The highest BCUT2D eigenvalue weighted by atomic mass is 16.5. The van der Waals surface area contributed by atoms with Gasteiger partial charge < -0.3 is 142 Å². The molecule has 2 aliphatic heterocycles. The van der Waals surface area contributed by atoms with Crippen LogP contribution < -0.4 is 103 Å². The van der Waals surface area contributed by atoms with Crippen molar-refractivity contribution in [2.75, 3.05) is 72.4 Å². The molecule has 2 fully saturated rings. The van der Waals surface area contributed by atoms with Crippen LogP contribution in [0.4, 0.5) is 0 Å². The zero-order valence-corrected chi connectivity index (χ0v) is 81.8. The predicted molar refractivity (Wildman–Crippen MR) is 525 cm³/mol. The first-order valence-electron chi connectivity index (χ1n) is 49.6. The first-order valence-corrected chi connectivity index (χ1v) is 49.6. The van der Waals surface area contributed by atoms with Crippen molar-refractivity contribution in [1.29, 1.82) is 10.8 Å². The molecule has 5 heterocycles. The fraction of sp³-hybridized carbons (Fsp3) is 0.617. The normalized spacial score (nSPS) is 18.6. The summed E-state index contributed by atoms with van der Waals surface area (Å²) >= 11 is 0. The number of primary amides is 2. The Kier molecular flexibility index (Phi) is 53.1. The van der Waals surface area contributed by atoms with Crippen molar-refractivity contribution in [2.45, 2.75) is 297 Å². The van der Waals surface area contributed by atoms with Crippen LogP contribution in [-0.2, 0) is 112 Å². The number of aryl methyl sites for hydroxylation is 1. The zero-order chi connectivity index (χ0) is 105. The maximum Gasteiger partial charge on any atom is 0.246 e. The lowest BCUT2D eigenvalue weighted by molar-refractivity contribution is -0.143. The van der Waals surface area contributed by atoms with Gasteiger partial charge in [-0.3, -0.25) is 87.5 Å². The summed E-state index contributed by atoms with van der Waals surface area (Å²) in [6.45, 7) is -1.36. The number of aliphatic hydroxyl groups excluding tert-OH is 3. The van der Waals surface area contributed by atoms with E-state index in [0.29, 0.717) is 34.9 Å². The molecule has 7 rings (SSSR count). The molecule has 0 radical (unpaired) electrons. The van der Waals surface area contributed by atoms with Crippen LogP contribution in [0.25, 0.3) is 10.9 Å². The molecule has 2 aromatic carbocycles. The van der Waals surface area contributed by atoms with E-state index in [9.17, 15) is 77.6 Å². The van der Waals surface area contributed by atoms with Crippen molar-refractivity contribution in [3.63, 3.8) is 0 Å². The van der Waals surface area contributed by atoms with Crippen molar-refractivity contribution < 1.29 is 102 Å². The van der Waals surface area contributed by atoms with Crippen LogP contribution in [0.5, 0.6) is 0 Å². The van der Waals surface area contributed by atoms with Crippen LogP contribution in [0.15, 0.2) is 73.3 Å². The number of aromatic amines is 3.